The molecule has 1 heterocycles. The maximum absolute atomic E-state index is 10.6. The SMILES string of the molecule is Cc1c(NC=O)cccc1-c1nc2ccccc2[nH]1. The van der Waals surface area contributed by atoms with Gasteiger partial charge in [0.2, 0.25) is 6.41 Å². The van der Waals surface area contributed by atoms with Crippen LogP contribution in [0.5, 0.6) is 0 Å². The molecule has 2 aromatic carbocycles. The molecule has 4 heteroatoms. The number of nitrogens with one attached hydrogen (secondary N) is 2. The van der Waals surface area contributed by atoms with E-state index < -0.39 is 0 Å². The third-order valence-corrected chi connectivity index (χ3v) is 3.19. The zero-order chi connectivity index (χ0) is 13.2. The van der Waals surface area contributed by atoms with Crippen molar-refractivity contribution >= 4 is 23.1 Å². The fourth-order valence-electron chi connectivity index (χ4n) is 2.19. The first-order chi connectivity index (χ1) is 9.29. The maximum atomic E-state index is 10.6. The second kappa shape index (κ2) is 4.57. The van der Waals surface area contributed by atoms with Crippen molar-refractivity contribution in [2.45, 2.75) is 6.92 Å². The zero-order valence-electron chi connectivity index (χ0n) is 10.5. The van der Waals surface area contributed by atoms with Crippen LogP contribution in [0.4, 0.5) is 5.69 Å². The number of hydrogen-bond acceptors (Lipinski definition) is 2. The van der Waals surface area contributed by atoms with E-state index in [4.69, 9.17) is 0 Å². The van der Waals surface area contributed by atoms with Gasteiger partial charge in [-0.2, -0.15) is 0 Å². The Balaban J connectivity index is 2.15. The fourth-order valence-corrected chi connectivity index (χ4v) is 2.19. The number of carbonyl (C=O) groups excluding carboxylic acids is 1. The Morgan fingerprint density at radius 3 is 2.79 bits per heavy atom. The fraction of sp³-hybridized carbons (Fsp3) is 0.0667. The van der Waals surface area contributed by atoms with Gasteiger partial charge in [0, 0.05) is 11.3 Å². The van der Waals surface area contributed by atoms with Gasteiger partial charge >= 0.3 is 0 Å². The smallest absolute Gasteiger partial charge is 0.211 e. The lowest BCUT2D eigenvalue weighted by Crippen LogP contribution is -1.97. The summed E-state index contributed by atoms with van der Waals surface area (Å²) in [6, 6.07) is 13.7. The van der Waals surface area contributed by atoms with Crippen molar-refractivity contribution < 1.29 is 4.79 Å². The van der Waals surface area contributed by atoms with Gasteiger partial charge in [-0.15, -0.1) is 0 Å². The predicted molar refractivity (Wildman–Crippen MR) is 76.0 cm³/mol. The van der Waals surface area contributed by atoms with Gasteiger partial charge in [0.15, 0.2) is 0 Å². The van der Waals surface area contributed by atoms with Crippen LogP contribution in [0, 0.1) is 6.92 Å². The lowest BCUT2D eigenvalue weighted by molar-refractivity contribution is -0.105. The summed E-state index contributed by atoms with van der Waals surface area (Å²) in [4.78, 5) is 18.4. The van der Waals surface area contributed by atoms with E-state index in [-0.39, 0.29) is 0 Å². The van der Waals surface area contributed by atoms with Crippen LogP contribution < -0.4 is 5.32 Å². The lowest BCUT2D eigenvalue weighted by Gasteiger charge is -2.07. The number of nitrogens with zero attached hydrogens (tertiary/aromatic N) is 1. The molecule has 0 saturated carbocycles. The molecule has 0 radical (unpaired) electrons. The van der Waals surface area contributed by atoms with E-state index in [0.29, 0.717) is 6.41 Å². The number of imidazole rings is 1. The number of rotatable bonds is 3. The highest BCUT2D eigenvalue weighted by Gasteiger charge is 2.09. The number of fused-ring (bicyclic) bond motifs is 1. The Kier molecular flexibility index (Phi) is 2.76. The summed E-state index contributed by atoms with van der Waals surface area (Å²) in [7, 11) is 0. The predicted octanol–water partition coefficient (Wildman–Crippen LogP) is 3.11. The summed E-state index contributed by atoms with van der Waals surface area (Å²) in [6.07, 6.45) is 0.685. The summed E-state index contributed by atoms with van der Waals surface area (Å²) in [5.74, 6) is 0.813. The highest BCUT2D eigenvalue weighted by molar-refractivity contribution is 5.83. The number of carbonyl (C=O) groups is 1. The van der Waals surface area contributed by atoms with E-state index >= 15 is 0 Å². The molecule has 0 aliphatic carbocycles. The van der Waals surface area contributed by atoms with Gasteiger partial charge in [0.05, 0.1) is 11.0 Å². The standard InChI is InChI=1S/C15H13N3O/c1-10-11(5-4-8-12(10)16-9-19)15-17-13-6-2-3-7-14(13)18-15/h2-9H,1H3,(H,16,19)(H,17,18). The molecule has 0 unspecified atom stereocenters. The molecule has 0 fully saturated rings. The monoisotopic (exact) mass is 251 g/mol. The van der Waals surface area contributed by atoms with E-state index in [1.165, 1.54) is 0 Å². The first-order valence-electron chi connectivity index (χ1n) is 6.04. The second-order valence-corrected chi connectivity index (χ2v) is 4.34. The average Bonchev–Trinajstić information content (AvgIpc) is 2.85. The average molecular weight is 251 g/mol. The van der Waals surface area contributed by atoms with Crippen LogP contribution >= 0.6 is 0 Å². The molecule has 0 aliphatic rings. The third kappa shape index (κ3) is 1.97. The normalized spacial score (nSPS) is 10.6. The molecule has 3 rings (SSSR count). The van der Waals surface area contributed by atoms with Crippen LogP contribution in [-0.4, -0.2) is 16.4 Å². The van der Waals surface area contributed by atoms with Gasteiger partial charge < -0.3 is 10.3 Å². The number of benzene rings is 2. The number of aromatic amines is 1. The minimum absolute atomic E-state index is 0.685. The molecule has 19 heavy (non-hydrogen) atoms. The summed E-state index contributed by atoms with van der Waals surface area (Å²) < 4.78 is 0. The highest BCUT2D eigenvalue weighted by atomic mass is 16.1. The van der Waals surface area contributed by atoms with Crippen LogP contribution in [0.25, 0.3) is 22.4 Å². The molecule has 3 aromatic rings. The maximum Gasteiger partial charge on any atom is 0.211 e. The van der Waals surface area contributed by atoms with Gasteiger partial charge in [-0.05, 0) is 30.7 Å². The van der Waals surface area contributed by atoms with Crippen molar-refractivity contribution in [3.8, 4) is 11.4 Å². The molecule has 0 spiro atoms. The summed E-state index contributed by atoms with van der Waals surface area (Å²) in [5, 5.41) is 2.70. The van der Waals surface area contributed by atoms with E-state index in [2.05, 4.69) is 15.3 Å². The van der Waals surface area contributed by atoms with E-state index in [0.717, 1.165) is 33.7 Å². The van der Waals surface area contributed by atoms with Crippen molar-refractivity contribution in [2.24, 2.45) is 0 Å². The van der Waals surface area contributed by atoms with Crippen molar-refractivity contribution in [3.05, 3.63) is 48.0 Å². The van der Waals surface area contributed by atoms with Crippen LogP contribution in [0.3, 0.4) is 0 Å². The second-order valence-electron chi connectivity index (χ2n) is 4.34. The Labute approximate surface area is 110 Å². The molecular formula is C15H13N3O. The topological polar surface area (TPSA) is 57.8 Å². The Hall–Kier alpha value is -2.62. The van der Waals surface area contributed by atoms with Crippen molar-refractivity contribution in [1.82, 2.24) is 9.97 Å². The van der Waals surface area contributed by atoms with Gasteiger partial charge in [-0.3, -0.25) is 4.79 Å². The van der Waals surface area contributed by atoms with Gasteiger partial charge in [-0.25, -0.2) is 4.98 Å². The Morgan fingerprint density at radius 1 is 1.16 bits per heavy atom. The van der Waals surface area contributed by atoms with Crippen LogP contribution in [0.2, 0.25) is 0 Å². The third-order valence-electron chi connectivity index (χ3n) is 3.19. The quantitative estimate of drug-likeness (QED) is 0.703. The van der Waals surface area contributed by atoms with Gasteiger partial charge in [0.1, 0.15) is 5.82 Å². The van der Waals surface area contributed by atoms with Crippen LogP contribution in [0.15, 0.2) is 42.5 Å². The molecule has 0 aliphatic heterocycles. The summed E-state index contributed by atoms with van der Waals surface area (Å²) in [6.45, 7) is 1.97. The minimum Gasteiger partial charge on any atom is -0.338 e. The van der Waals surface area contributed by atoms with Crippen molar-refractivity contribution in [3.63, 3.8) is 0 Å². The van der Waals surface area contributed by atoms with Crippen molar-refractivity contribution in [1.29, 1.82) is 0 Å². The first kappa shape index (κ1) is 11.5. The lowest BCUT2D eigenvalue weighted by atomic mass is 10.1. The number of aromatic nitrogens is 2. The largest absolute Gasteiger partial charge is 0.338 e. The molecule has 1 amide bonds. The van der Waals surface area contributed by atoms with Crippen LogP contribution in [0.1, 0.15) is 5.56 Å². The molecule has 2 N–H and O–H groups in total. The first-order valence-corrected chi connectivity index (χ1v) is 6.04. The number of para-hydroxylation sites is 2. The van der Waals surface area contributed by atoms with E-state index in [9.17, 15) is 4.79 Å². The number of hydrogen-bond donors (Lipinski definition) is 2. The molecule has 0 saturated heterocycles. The highest BCUT2D eigenvalue weighted by Crippen LogP contribution is 2.27. The number of anilines is 1. The molecule has 94 valence electrons. The Morgan fingerprint density at radius 2 is 2.00 bits per heavy atom. The molecule has 4 nitrogen and oxygen atoms in total. The number of amides is 1. The summed E-state index contributed by atoms with van der Waals surface area (Å²) >= 11 is 0. The number of H-pyrrole nitrogens is 1. The molecule has 0 bridgehead atoms. The minimum atomic E-state index is 0.685. The van der Waals surface area contributed by atoms with E-state index in [1.807, 2.05) is 49.4 Å². The van der Waals surface area contributed by atoms with Gasteiger partial charge in [0.25, 0.3) is 0 Å². The molecule has 0 atom stereocenters. The van der Waals surface area contributed by atoms with Crippen molar-refractivity contribution in [2.75, 3.05) is 5.32 Å². The Bertz CT molecular complexity index is 713. The molecular weight excluding hydrogens is 238 g/mol. The molecule has 1 aromatic heterocycles. The van der Waals surface area contributed by atoms with Crippen LogP contribution in [-0.2, 0) is 4.79 Å². The van der Waals surface area contributed by atoms with E-state index in [1.54, 1.807) is 0 Å². The summed E-state index contributed by atoms with van der Waals surface area (Å²) in [5.41, 5.74) is 4.72. The zero-order valence-corrected chi connectivity index (χ0v) is 10.5. The van der Waals surface area contributed by atoms with Gasteiger partial charge in [-0.1, -0.05) is 24.3 Å².